The summed E-state index contributed by atoms with van der Waals surface area (Å²) >= 11 is 0. The van der Waals surface area contributed by atoms with Crippen LogP contribution in [0.5, 0.6) is 0 Å². The fourth-order valence-electron chi connectivity index (χ4n) is 3.45. The lowest BCUT2D eigenvalue weighted by Gasteiger charge is -2.31. The van der Waals surface area contributed by atoms with E-state index in [9.17, 15) is 13.2 Å². The van der Waals surface area contributed by atoms with Crippen LogP contribution in [0.15, 0.2) is 42.5 Å². The van der Waals surface area contributed by atoms with Gasteiger partial charge >= 0.3 is 0 Å². The molecule has 2 atom stereocenters. The first kappa shape index (κ1) is 22.0. The number of aryl methyl sites for hydroxylation is 3. The molecule has 0 spiro atoms. The summed E-state index contributed by atoms with van der Waals surface area (Å²) in [6.07, 6.45) is 1.50. The third-order valence-corrected chi connectivity index (χ3v) is 6.05. The SMILES string of the molecule is CC[C@H](C(=O)N[C@H](C)c1ccc(C)cc1C)N(c1ccc(C)cc1)S(C)(=O)=O. The van der Waals surface area contributed by atoms with E-state index in [2.05, 4.69) is 11.4 Å². The molecule has 28 heavy (non-hydrogen) atoms. The Morgan fingerprint density at radius 2 is 1.61 bits per heavy atom. The molecule has 0 fully saturated rings. The minimum absolute atomic E-state index is 0.221. The van der Waals surface area contributed by atoms with Crippen LogP contribution in [0.25, 0.3) is 0 Å². The minimum atomic E-state index is -3.63. The number of sulfonamides is 1. The molecule has 152 valence electrons. The lowest BCUT2D eigenvalue weighted by atomic mass is 10.00. The second-order valence-corrected chi connectivity index (χ2v) is 9.27. The normalized spacial score (nSPS) is 13.6. The van der Waals surface area contributed by atoms with Gasteiger partial charge in [-0.3, -0.25) is 9.10 Å². The molecule has 0 aliphatic heterocycles. The maximum atomic E-state index is 13.0. The van der Waals surface area contributed by atoms with Crippen LogP contribution in [-0.4, -0.2) is 26.6 Å². The van der Waals surface area contributed by atoms with Crippen molar-refractivity contribution in [2.24, 2.45) is 0 Å². The van der Waals surface area contributed by atoms with E-state index in [0.29, 0.717) is 12.1 Å². The van der Waals surface area contributed by atoms with Gasteiger partial charge in [-0.1, -0.05) is 48.4 Å². The predicted molar refractivity (Wildman–Crippen MR) is 115 cm³/mol. The number of anilines is 1. The van der Waals surface area contributed by atoms with Gasteiger partial charge in [0, 0.05) is 0 Å². The molecule has 0 radical (unpaired) electrons. The van der Waals surface area contributed by atoms with Gasteiger partial charge in [0.1, 0.15) is 6.04 Å². The van der Waals surface area contributed by atoms with Gasteiger partial charge in [0.2, 0.25) is 15.9 Å². The second-order valence-electron chi connectivity index (χ2n) is 7.41. The summed E-state index contributed by atoms with van der Waals surface area (Å²) in [7, 11) is -3.63. The number of carbonyl (C=O) groups excluding carboxylic acids is 1. The fourth-order valence-corrected chi connectivity index (χ4v) is 4.66. The Labute approximate surface area is 168 Å². The van der Waals surface area contributed by atoms with Crippen molar-refractivity contribution >= 4 is 21.6 Å². The maximum Gasteiger partial charge on any atom is 0.244 e. The molecular formula is C22H30N2O3S. The third-order valence-electron chi connectivity index (χ3n) is 4.87. The topological polar surface area (TPSA) is 66.5 Å². The lowest BCUT2D eigenvalue weighted by Crippen LogP contribution is -2.49. The molecule has 0 aromatic heterocycles. The first-order valence-electron chi connectivity index (χ1n) is 9.48. The van der Waals surface area contributed by atoms with Crippen molar-refractivity contribution in [3.05, 3.63) is 64.7 Å². The monoisotopic (exact) mass is 402 g/mol. The zero-order chi connectivity index (χ0) is 21.1. The van der Waals surface area contributed by atoms with Crippen LogP contribution in [0.2, 0.25) is 0 Å². The van der Waals surface area contributed by atoms with E-state index in [1.165, 1.54) is 4.31 Å². The molecular weight excluding hydrogens is 372 g/mol. The number of carbonyl (C=O) groups is 1. The highest BCUT2D eigenvalue weighted by atomic mass is 32.2. The van der Waals surface area contributed by atoms with E-state index in [4.69, 9.17) is 0 Å². The fraction of sp³-hybridized carbons (Fsp3) is 0.409. The van der Waals surface area contributed by atoms with Crippen LogP contribution in [0.3, 0.4) is 0 Å². The minimum Gasteiger partial charge on any atom is -0.348 e. The molecule has 0 saturated carbocycles. The number of hydrogen-bond donors (Lipinski definition) is 1. The van der Waals surface area contributed by atoms with Crippen molar-refractivity contribution in [3.63, 3.8) is 0 Å². The predicted octanol–water partition coefficient (Wildman–Crippen LogP) is 4.03. The van der Waals surface area contributed by atoms with E-state index < -0.39 is 16.1 Å². The molecule has 5 nitrogen and oxygen atoms in total. The standard InChI is InChI=1S/C22H30N2O3S/c1-7-21(24(28(6,26)27)19-11-8-15(2)9-12-19)22(25)23-18(5)20-13-10-16(3)14-17(20)4/h8-14,18,21H,7H2,1-6H3,(H,23,25)/t18-,21-/m1/s1. The number of rotatable bonds is 7. The molecule has 2 aromatic rings. The van der Waals surface area contributed by atoms with Crippen molar-refractivity contribution < 1.29 is 13.2 Å². The quantitative estimate of drug-likeness (QED) is 0.760. The average molecular weight is 403 g/mol. The Morgan fingerprint density at radius 1 is 1.04 bits per heavy atom. The number of amides is 1. The molecule has 2 rings (SSSR count). The molecule has 0 saturated heterocycles. The zero-order valence-electron chi connectivity index (χ0n) is 17.5. The molecule has 1 amide bonds. The Kier molecular flexibility index (Phi) is 6.88. The number of hydrogen-bond acceptors (Lipinski definition) is 3. The van der Waals surface area contributed by atoms with Crippen LogP contribution in [0.1, 0.15) is 48.6 Å². The van der Waals surface area contributed by atoms with Crippen molar-refractivity contribution in [2.75, 3.05) is 10.6 Å². The van der Waals surface area contributed by atoms with Gasteiger partial charge < -0.3 is 5.32 Å². The molecule has 6 heteroatoms. The highest BCUT2D eigenvalue weighted by molar-refractivity contribution is 7.92. The Bertz CT molecular complexity index is 937. The molecule has 1 N–H and O–H groups in total. The Hall–Kier alpha value is -2.34. The molecule has 2 aromatic carbocycles. The van der Waals surface area contributed by atoms with E-state index in [1.807, 2.05) is 58.9 Å². The van der Waals surface area contributed by atoms with Gasteiger partial charge in [-0.2, -0.15) is 0 Å². The van der Waals surface area contributed by atoms with Crippen LogP contribution in [0, 0.1) is 20.8 Å². The van der Waals surface area contributed by atoms with Crippen LogP contribution in [0.4, 0.5) is 5.69 Å². The van der Waals surface area contributed by atoms with E-state index in [0.717, 1.165) is 28.5 Å². The first-order valence-corrected chi connectivity index (χ1v) is 11.3. The van der Waals surface area contributed by atoms with Gasteiger partial charge in [-0.05, 0) is 57.4 Å². The van der Waals surface area contributed by atoms with E-state index >= 15 is 0 Å². The van der Waals surface area contributed by atoms with Crippen molar-refractivity contribution in [1.82, 2.24) is 5.32 Å². The van der Waals surface area contributed by atoms with E-state index in [-0.39, 0.29) is 11.9 Å². The first-order chi connectivity index (χ1) is 13.0. The van der Waals surface area contributed by atoms with Gasteiger partial charge in [-0.15, -0.1) is 0 Å². The molecule has 0 aliphatic rings. The highest BCUT2D eigenvalue weighted by Gasteiger charge is 2.32. The van der Waals surface area contributed by atoms with Crippen LogP contribution >= 0.6 is 0 Å². The molecule has 0 aliphatic carbocycles. The Balaban J connectivity index is 2.32. The van der Waals surface area contributed by atoms with Crippen LogP contribution < -0.4 is 9.62 Å². The molecule has 0 heterocycles. The average Bonchev–Trinajstić information content (AvgIpc) is 2.59. The smallest absolute Gasteiger partial charge is 0.244 e. The summed E-state index contributed by atoms with van der Waals surface area (Å²) in [6.45, 7) is 9.71. The third kappa shape index (κ3) is 5.13. The Morgan fingerprint density at radius 3 is 2.11 bits per heavy atom. The number of nitrogens with zero attached hydrogens (tertiary/aromatic N) is 1. The zero-order valence-corrected chi connectivity index (χ0v) is 18.3. The van der Waals surface area contributed by atoms with Crippen LogP contribution in [-0.2, 0) is 14.8 Å². The summed E-state index contributed by atoms with van der Waals surface area (Å²) in [5, 5.41) is 3.00. The van der Waals surface area contributed by atoms with Crippen molar-refractivity contribution in [2.45, 2.75) is 53.1 Å². The van der Waals surface area contributed by atoms with Gasteiger partial charge in [0.25, 0.3) is 0 Å². The van der Waals surface area contributed by atoms with E-state index in [1.54, 1.807) is 12.1 Å². The molecule has 0 bridgehead atoms. The molecule has 0 unspecified atom stereocenters. The van der Waals surface area contributed by atoms with Crippen molar-refractivity contribution in [3.8, 4) is 0 Å². The lowest BCUT2D eigenvalue weighted by molar-refractivity contribution is -0.122. The van der Waals surface area contributed by atoms with Gasteiger partial charge in [-0.25, -0.2) is 8.42 Å². The van der Waals surface area contributed by atoms with Crippen molar-refractivity contribution in [1.29, 1.82) is 0 Å². The van der Waals surface area contributed by atoms with Gasteiger partial charge in [0.15, 0.2) is 0 Å². The highest BCUT2D eigenvalue weighted by Crippen LogP contribution is 2.24. The summed E-state index contributed by atoms with van der Waals surface area (Å²) in [5.41, 5.74) is 4.80. The largest absolute Gasteiger partial charge is 0.348 e. The number of benzene rings is 2. The number of nitrogens with one attached hydrogen (secondary N) is 1. The summed E-state index contributed by atoms with van der Waals surface area (Å²) < 4.78 is 26.2. The van der Waals surface area contributed by atoms with Gasteiger partial charge in [0.05, 0.1) is 18.0 Å². The maximum absolute atomic E-state index is 13.0. The summed E-state index contributed by atoms with van der Waals surface area (Å²) in [4.78, 5) is 13.0. The summed E-state index contributed by atoms with van der Waals surface area (Å²) in [6, 6.07) is 12.2. The summed E-state index contributed by atoms with van der Waals surface area (Å²) in [5.74, 6) is -0.305. The second kappa shape index (κ2) is 8.78.